The highest BCUT2D eigenvalue weighted by atomic mass is 32.1. The van der Waals surface area contributed by atoms with E-state index in [4.69, 9.17) is 5.73 Å². The van der Waals surface area contributed by atoms with E-state index in [1.807, 2.05) is 13.0 Å². The van der Waals surface area contributed by atoms with Gasteiger partial charge in [0, 0.05) is 11.3 Å². The van der Waals surface area contributed by atoms with Gasteiger partial charge in [-0.1, -0.05) is 45.4 Å². The molecule has 1 fully saturated rings. The molecule has 1 saturated carbocycles. The van der Waals surface area contributed by atoms with Crippen LogP contribution in [-0.2, 0) is 6.42 Å². The second-order valence-electron chi connectivity index (χ2n) is 7.09. The Hall–Kier alpha value is -0.710. The normalized spacial score (nSPS) is 18.7. The van der Waals surface area contributed by atoms with Gasteiger partial charge in [-0.3, -0.25) is 4.79 Å². The van der Waals surface area contributed by atoms with Crippen molar-refractivity contribution in [2.75, 3.05) is 0 Å². The van der Waals surface area contributed by atoms with E-state index in [1.165, 1.54) is 43.4 Å². The lowest BCUT2D eigenvalue weighted by Gasteiger charge is -2.20. The predicted octanol–water partition coefficient (Wildman–Crippen LogP) is 4.53. The molecule has 0 amide bonds. The van der Waals surface area contributed by atoms with Crippen LogP contribution in [0.1, 0.15) is 79.3 Å². The van der Waals surface area contributed by atoms with Gasteiger partial charge in [-0.05, 0) is 43.2 Å². The van der Waals surface area contributed by atoms with Crippen molar-refractivity contribution in [3.05, 3.63) is 21.9 Å². The summed E-state index contributed by atoms with van der Waals surface area (Å²) in [4.78, 5) is 14.4. The number of aliphatic hydroxyl groups is 1. The average Bonchev–Trinajstić information content (AvgIpc) is 3.02. The van der Waals surface area contributed by atoms with Gasteiger partial charge in [0.25, 0.3) is 0 Å². The first-order valence-corrected chi connectivity index (χ1v) is 9.93. The van der Waals surface area contributed by atoms with Crippen LogP contribution in [0.3, 0.4) is 0 Å². The molecule has 0 saturated heterocycles. The van der Waals surface area contributed by atoms with Crippen molar-refractivity contribution in [1.82, 2.24) is 0 Å². The molecule has 1 aliphatic rings. The summed E-state index contributed by atoms with van der Waals surface area (Å²) in [6.07, 6.45) is 10.8. The molecule has 3 N–H and O–H groups in total. The summed E-state index contributed by atoms with van der Waals surface area (Å²) < 4.78 is 0. The maximum atomic E-state index is 12.3. The van der Waals surface area contributed by atoms with Crippen molar-refractivity contribution in [3.8, 4) is 0 Å². The number of carbonyl (C=O) groups excluding carboxylic acids is 1. The average molecular weight is 338 g/mol. The Bertz CT molecular complexity index is 477. The molecular weight excluding hydrogens is 306 g/mol. The molecule has 0 aromatic carbocycles. The van der Waals surface area contributed by atoms with Gasteiger partial charge in [0.1, 0.15) is 6.23 Å². The van der Waals surface area contributed by atoms with Crippen molar-refractivity contribution in [1.29, 1.82) is 0 Å². The SMILES string of the molecule is C[C@H](CCc1ccc(C(=O)CCCC2CCCCC2)s1)C(N)O. The third-order valence-electron chi connectivity index (χ3n) is 5.11. The fourth-order valence-corrected chi connectivity index (χ4v) is 4.34. The van der Waals surface area contributed by atoms with Crippen molar-refractivity contribution >= 4 is 17.1 Å². The van der Waals surface area contributed by atoms with Crippen LogP contribution in [0.25, 0.3) is 0 Å². The minimum atomic E-state index is -0.754. The van der Waals surface area contributed by atoms with Gasteiger partial charge in [0.2, 0.25) is 0 Å². The highest BCUT2D eigenvalue weighted by Gasteiger charge is 2.15. The molecule has 0 aliphatic heterocycles. The number of hydrogen-bond acceptors (Lipinski definition) is 4. The molecular formula is C19H31NO2S. The maximum absolute atomic E-state index is 12.3. The van der Waals surface area contributed by atoms with Crippen molar-refractivity contribution < 1.29 is 9.90 Å². The fraction of sp³-hybridized carbons (Fsp3) is 0.737. The van der Waals surface area contributed by atoms with E-state index in [9.17, 15) is 9.90 Å². The van der Waals surface area contributed by atoms with Gasteiger partial charge in [-0.2, -0.15) is 0 Å². The highest BCUT2D eigenvalue weighted by Crippen LogP contribution is 2.28. The maximum Gasteiger partial charge on any atom is 0.172 e. The monoisotopic (exact) mass is 337 g/mol. The van der Waals surface area contributed by atoms with Crippen LogP contribution < -0.4 is 5.73 Å². The Balaban J connectivity index is 1.70. The minimum Gasteiger partial charge on any atom is -0.379 e. The molecule has 1 aromatic rings. The quantitative estimate of drug-likeness (QED) is 0.514. The Morgan fingerprint density at radius 3 is 2.78 bits per heavy atom. The second kappa shape index (κ2) is 9.55. The number of ketones is 1. The predicted molar refractivity (Wildman–Crippen MR) is 96.8 cm³/mol. The lowest BCUT2D eigenvalue weighted by Crippen LogP contribution is -2.27. The van der Waals surface area contributed by atoms with Gasteiger partial charge in [0.15, 0.2) is 5.78 Å². The molecule has 0 bridgehead atoms. The Morgan fingerprint density at radius 2 is 2.09 bits per heavy atom. The molecule has 1 heterocycles. The van der Waals surface area contributed by atoms with Gasteiger partial charge in [0.05, 0.1) is 4.88 Å². The van der Waals surface area contributed by atoms with Gasteiger partial charge >= 0.3 is 0 Å². The van der Waals surface area contributed by atoms with Crippen LogP contribution in [0.4, 0.5) is 0 Å². The molecule has 3 nitrogen and oxygen atoms in total. The Kier molecular flexibility index (Phi) is 7.74. The zero-order chi connectivity index (χ0) is 16.7. The number of aliphatic hydroxyl groups excluding tert-OH is 1. The Labute approximate surface area is 144 Å². The summed E-state index contributed by atoms with van der Waals surface area (Å²) in [5.74, 6) is 1.25. The second-order valence-corrected chi connectivity index (χ2v) is 8.26. The third kappa shape index (κ3) is 6.36. The van der Waals surface area contributed by atoms with E-state index in [2.05, 4.69) is 6.07 Å². The van der Waals surface area contributed by atoms with Crippen LogP contribution in [0.5, 0.6) is 0 Å². The molecule has 2 rings (SSSR count). The Morgan fingerprint density at radius 1 is 1.35 bits per heavy atom. The molecule has 1 aliphatic carbocycles. The third-order valence-corrected chi connectivity index (χ3v) is 6.29. The number of thiophene rings is 1. The number of rotatable bonds is 9. The molecule has 1 aromatic heterocycles. The summed E-state index contributed by atoms with van der Waals surface area (Å²) in [7, 11) is 0. The van der Waals surface area contributed by atoms with Gasteiger partial charge in [-0.25, -0.2) is 0 Å². The summed E-state index contributed by atoms with van der Waals surface area (Å²) in [5.41, 5.74) is 5.47. The highest BCUT2D eigenvalue weighted by molar-refractivity contribution is 7.14. The summed E-state index contributed by atoms with van der Waals surface area (Å²) in [6.45, 7) is 1.95. The molecule has 4 heteroatoms. The van der Waals surface area contributed by atoms with Crippen LogP contribution in [0.2, 0.25) is 0 Å². The minimum absolute atomic E-state index is 0.0896. The molecule has 0 spiro atoms. The first-order chi connectivity index (χ1) is 11.1. The van der Waals surface area contributed by atoms with E-state index in [0.29, 0.717) is 12.2 Å². The lowest BCUT2D eigenvalue weighted by atomic mass is 9.85. The van der Waals surface area contributed by atoms with Gasteiger partial charge in [-0.15, -0.1) is 11.3 Å². The van der Waals surface area contributed by atoms with E-state index in [0.717, 1.165) is 30.1 Å². The first-order valence-electron chi connectivity index (χ1n) is 9.12. The summed E-state index contributed by atoms with van der Waals surface area (Å²) in [5, 5.41) is 9.32. The lowest BCUT2D eigenvalue weighted by molar-refractivity contribution is 0.0980. The topological polar surface area (TPSA) is 63.3 Å². The van der Waals surface area contributed by atoms with E-state index in [1.54, 1.807) is 11.3 Å². The molecule has 1 unspecified atom stereocenters. The molecule has 2 atom stereocenters. The molecule has 0 radical (unpaired) electrons. The fourth-order valence-electron chi connectivity index (χ4n) is 3.35. The van der Waals surface area contributed by atoms with Gasteiger partial charge < -0.3 is 10.8 Å². The smallest absolute Gasteiger partial charge is 0.172 e. The summed E-state index contributed by atoms with van der Waals surface area (Å²) in [6, 6.07) is 4.02. The zero-order valence-corrected chi connectivity index (χ0v) is 15.1. The van der Waals surface area contributed by atoms with E-state index >= 15 is 0 Å². The first kappa shape index (κ1) is 18.6. The largest absolute Gasteiger partial charge is 0.379 e. The van der Waals surface area contributed by atoms with E-state index in [-0.39, 0.29) is 5.92 Å². The van der Waals surface area contributed by atoms with E-state index < -0.39 is 6.23 Å². The zero-order valence-electron chi connectivity index (χ0n) is 14.3. The standard InChI is InChI=1S/C19H31NO2S/c1-14(19(20)22)10-11-16-12-13-18(23-16)17(21)9-5-8-15-6-3-2-4-7-15/h12-15,19,22H,2-11,20H2,1H3/t14-,19?/m1/s1. The van der Waals surface area contributed by atoms with Crippen LogP contribution in [0.15, 0.2) is 12.1 Å². The number of nitrogens with two attached hydrogens (primary N) is 1. The molecule has 23 heavy (non-hydrogen) atoms. The van der Waals surface area contributed by atoms with Crippen LogP contribution in [0, 0.1) is 11.8 Å². The van der Waals surface area contributed by atoms with Crippen molar-refractivity contribution in [3.63, 3.8) is 0 Å². The number of Topliss-reactive ketones (excluding diaryl/α,β-unsaturated/α-hetero) is 1. The van der Waals surface area contributed by atoms with Crippen LogP contribution >= 0.6 is 11.3 Å². The number of aryl methyl sites for hydroxylation is 1. The number of carbonyl (C=O) groups is 1. The number of hydrogen-bond donors (Lipinski definition) is 2. The van der Waals surface area contributed by atoms with Crippen molar-refractivity contribution in [2.45, 2.75) is 77.4 Å². The molecule has 130 valence electrons. The van der Waals surface area contributed by atoms with Crippen molar-refractivity contribution in [2.24, 2.45) is 17.6 Å². The summed E-state index contributed by atoms with van der Waals surface area (Å²) >= 11 is 1.61. The van der Waals surface area contributed by atoms with Crippen LogP contribution in [-0.4, -0.2) is 17.1 Å².